The maximum Gasteiger partial charge on any atom is 0.416 e. The van der Waals surface area contributed by atoms with E-state index in [0.717, 1.165) is 44.5 Å². The number of rotatable bonds is 3. The van der Waals surface area contributed by atoms with E-state index in [1.54, 1.807) is 0 Å². The van der Waals surface area contributed by atoms with Gasteiger partial charge in [-0.25, -0.2) is 0 Å². The average Bonchev–Trinajstić information content (AvgIpc) is 2.45. The molecular formula is C15H19F3N2S. The van der Waals surface area contributed by atoms with Crippen LogP contribution in [0.25, 0.3) is 0 Å². The van der Waals surface area contributed by atoms with E-state index >= 15 is 0 Å². The summed E-state index contributed by atoms with van der Waals surface area (Å²) in [6.07, 6.45) is -1.14. The third-order valence-corrected chi connectivity index (χ3v) is 4.34. The Morgan fingerprint density at radius 2 is 1.95 bits per heavy atom. The molecular weight excluding hydrogens is 297 g/mol. The van der Waals surface area contributed by atoms with Crippen LogP contribution >= 0.6 is 12.2 Å². The lowest BCUT2D eigenvalue weighted by atomic mass is 9.93. The van der Waals surface area contributed by atoms with Crippen LogP contribution in [-0.2, 0) is 6.18 Å². The van der Waals surface area contributed by atoms with Gasteiger partial charge >= 0.3 is 6.18 Å². The van der Waals surface area contributed by atoms with Gasteiger partial charge in [0.25, 0.3) is 0 Å². The molecule has 0 aliphatic carbocycles. The minimum absolute atomic E-state index is 0.00807. The summed E-state index contributed by atoms with van der Waals surface area (Å²) in [5.41, 5.74) is 5.94. The van der Waals surface area contributed by atoms with Gasteiger partial charge in [-0.1, -0.05) is 25.6 Å². The van der Waals surface area contributed by atoms with Gasteiger partial charge in [0, 0.05) is 24.3 Å². The van der Waals surface area contributed by atoms with Crippen LogP contribution in [-0.4, -0.2) is 18.1 Å². The molecule has 2 nitrogen and oxygen atoms in total. The SMILES string of the molecule is CCC1CCN(c2ccc(C(F)(F)F)cc2C(N)=S)CC1. The number of halogens is 3. The lowest BCUT2D eigenvalue weighted by Gasteiger charge is -2.34. The maximum atomic E-state index is 12.8. The second kappa shape index (κ2) is 6.22. The van der Waals surface area contributed by atoms with Gasteiger partial charge in [-0.15, -0.1) is 0 Å². The van der Waals surface area contributed by atoms with E-state index in [9.17, 15) is 13.2 Å². The highest BCUT2D eigenvalue weighted by molar-refractivity contribution is 7.80. The van der Waals surface area contributed by atoms with Gasteiger partial charge in [0.05, 0.1) is 5.56 Å². The molecule has 6 heteroatoms. The molecule has 21 heavy (non-hydrogen) atoms. The Morgan fingerprint density at radius 1 is 1.33 bits per heavy atom. The number of hydrogen-bond donors (Lipinski definition) is 1. The molecule has 2 rings (SSSR count). The molecule has 1 aromatic carbocycles. The molecule has 2 N–H and O–H groups in total. The van der Waals surface area contributed by atoms with Crippen LogP contribution in [0.1, 0.15) is 37.3 Å². The van der Waals surface area contributed by atoms with Gasteiger partial charge < -0.3 is 10.6 Å². The fraction of sp³-hybridized carbons (Fsp3) is 0.533. The van der Waals surface area contributed by atoms with Crippen LogP contribution in [0.5, 0.6) is 0 Å². The molecule has 1 aromatic rings. The zero-order valence-corrected chi connectivity index (χ0v) is 12.7. The number of nitrogens with two attached hydrogens (primary N) is 1. The first kappa shape index (κ1) is 16.1. The van der Waals surface area contributed by atoms with E-state index < -0.39 is 11.7 Å². The highest BCUT2D eigenvalue weighted by Gasteiger charge is 2.32. The minimum atomic E-state index is -4.38. The van der Waals surface area contributed by atoms with Crippen molar-refractivity contribution in [2.24, 2.45) is 11.7 Å². The number of alkyl halides is 3. The van der Waals surface area contributed by atoms with E-state index in [0.29, 0.717) is 17.2 Å². The second-order valence-corrected chi connectivity index (χ2v) is 5.87. The van der Waals surface area contributed by atoms with E-state index in [-0.39, 0.29) is 4.99 Å². The molecule has 1 fully saturated rings. The number of nitrogens with zero attached hydrogens (tertiary/aromatic N) is 1. The Morgan fingerprint density at radius 3 is 2.43 bits per heavy atom. The van der Waals surface area contributed by atoms with Gasteiger partial charge in [0.1, 0.15) is 4.99 Å². The predicted molar refractivity (Wildman–Crippen MR) is 82.6 cm³/mol. The van der Waals surface area contributed by atoms with Crippen molar-refractivity contribution in [1.29, 1.82) is 0 Å². The molecule has 0 saturated carbocycles. The van der Waals surface area contributed by atoms with Crippen LogP contribution in [0.4, 0.5) is 18.9 Å². The third kappa shape index (κ3) is 3.67. The molecule has 0 aromatic heterocycles. The van der Waals surface area contributed by atoms with Crippen molar-refractivity contribution in [1.82, 2.24) is 0 Å². The minimum Gasteiger partial charge on any atom is -0.389 e. The standard InChI is InChI=1S/C15H19F3N2S/c1-2-10-5-7-20(8-6-10)13-4-3-11(15(16,17)18)9-12(13)14(19)21/h3-4,9-10H,2,5-8H2,1H3,(H2,19,21). The summed E-state index contributed by atoms with van der Waals surface area (Å²) in [6.45, 7) is 3.83. The van der Waals surface area contributed by atoms with Crippen LogP contribution < -0.4 is 10.6 Å². The number of hydrogen-bond acceptors (Lipinski definition) is 2. The summed E-state index contributed by atoms with van der Waals surface area (Å²) in [4.78, 5) is 2.09. The lowest BCUT2D eigenvalue weighted by molar-refractivity contribution is -0.137. The van der Waals surface area contributed by atoms with Gasteiger partial charge in [0.15, 0.2) is 0 Å². The van der Waals surface area contributed by atoms with Crippen LogP contribution in [0, 0.1) is 5.92 Å². The lowest BCUT2D eigenvalue weighted by Crippen LogP contribution is -2.35. The first-order valence-corrected chi connectivity index (χ1v) is 7.49. The first-order valence-electron chi connectivity index (χ1n) is 7.09. The summed E-state index contributed by atoms with van der Waals surface area (Å²) in [5.74, 6) is 0.698. The van der Waals surface area contributed by atoms with Crippen molar-refractivity contribution in [3.05, 3.63) is 29.3 Å². The summed E-state index contributed by atoms with van der Waals surface area (Å²) >= 11 is 4.93. The Kier molecular flexibility index (Phi) is 4.76. The normalized spacial score (nSPS) is 17.0. The first-order chi connectivity index (χ1) is 9.82. The van der Waals surface area contributed by atoms with Crippen LogP contribution in [0.15, 0.2) is 18.2 Å². The summed E-state index contributed by atoms with van der Waals surface area (Å²) in [5, 5.41) is 0. The highest BCUT2D eigenvalue weighted by atomic mass is 32.1. The third-order valence-electron chi connectivity index (χ3n) is 4.12. The molecule has 0 atom stereocenters. The zero-order valence-electron chi connectivity index (χ0n) is 11.9. The average molecular weight is 316 g/mol. The molecule has 116 valence electrons. The molecule has 0 radical (unpaired) electrons. The number of piperidine rings is 1. The van der Waals surface area contributed by atoms with Crippen LogP contribution in [0.2, 0.25) is 0 Å². The fourth-order valence-corrected chi connectivity index (χ4v) is 2.93. The van der Waals surface area contributed by atoms with Gasteiger partial charge in [-0.05, 0) is 37.0 Å². The summed E-state index contributed by atoms with van der Waals surface area (Å²) in [7, 11) is 0. The highest BCUT2D eigenvalue weighted by Crippen LogP contribution is 2.34. The van der Waals surface area contributed by atoms with Crippen LogP contribution in [0.3, 0.4) is 0 Å². The Labute approximate surface area is 128 Å². The Bertz CT molecular complexity index is 520. The van der Waals surface area contributed by atoms with E-state index in [4.69, 9.17) is 18.0 Å². The van der Waals surface area contributed by atoms with Crippen molar-refractivity contribution in [2.75, 3.05) is 18.0 Å². The molecule has 0 amide bonds. The van der Waals surface area contributed by atoms with Gasteiger partial charge in [0.2, 0.25) is 0 Å². The Balaban J connectivity index is 2.29. The zero-order chi connectivity index (χ0) is 15.6. The van der Waals surface area contributed by atoms with Crippen molar-refractivity contribution in [3.63, 3.8) is 0 Å². The topological polar surface area (TPSA) is 29.3 Å². The monoisotopic (exact) mass is 316 g/mol. The largest absolute Gasteiger partial charge is 0.416 e. The van der Waals surface area contributed by atoms with E-state index in [1.807, 2.05) is 0 Å². The molecule has 1 heterocycles. The summed E-state index contributed by atoms with van der Waals surface area (Å²) < 4.78 is 38.4. The number of anilines is 1. The molecule has 1 aliphatic rings. The van der Waals surface area contributed by atoms with E-state index in [2.05, 4.69) is 11.8 Å². The fourth-order valence-electron chi connectivity index (χ4n) is 2.77. The van der Waals surface area contributed by atoms with Crippen molar-refractivity contribution in [3.8, 4) is 0 Å². The smallest absolute Gasteiger partial charge is 0.389 e. The molecule has 1 aliphatic heterocycles. The molecule has 0 spiro atoms. The van der Waals surface area contributed by atoms with Crippen molar-refractivity contribution < 1.29 is 13.2 Å². The van der Waals surface area contributed by atoms with Gasteiger partial charge in [-0.3, -0.25) is 0 Å². The molecule has 1 saturated heterocycles. The molecule has 0 unspecified atom stereocenters. The number of benzene rings is 1. The second-order valence-electron chi connectivity index (χ2n) is 5.43. The predicted octanol–water partition coefficient (Wildman–Crippen LogP) is 3.97. The Hall–Kier alpha value is -1.30. The summed E-state index contributed by atoms with van der Waals surface area (Å²) in [6, 6.07) is 3.65. The van der Waals surface area contributed by atoms with E-state index in [1.165, 1.54) is 6.07 Å². The van der Waals surface area contributed by atoms with Gasteiger partial charge in [-0.2, -0.15) is 13.2 Å². The number of thiocarbonyl (C=S) groups is 1. The maximum absolute atomic E-state index is 12.8. The van der Waals surface area contributed by atoms with Crippen molar-refractivity contribution >= 4 is 22.9 Å². The molecule has 0 bridgehead atoms. The van der Waals surface area contributed by atoms with Crippen molar-refractivity contribution in [2.45, 2.75) is 32.4 Å². The quantitative estimate of drug-likeness (QED) is 0.856.